The van der Waals surface area contributed by atoms with E-state index in [-0.39, 0.29) is 41.8 Å². The molecule has 0 amide bonds. The molecule has 0 aliphatic rings. The molecule has 0 fully saturated rings. The predicted molar refractivity (Wildman–Crippen MR) is 69.9 cm³/mol. The van der Waals surface area contributed by atoms with Crippen molar-refractivity contribution in [1.82, 2.24) is 0 Å². The maximum absolute atomic E-state index is 12.0. The summed E-state index contributed by atoms with van der Waals surface area (Å²) in [6.07, 6.45) is 0. The van der Waals surface area contributed by atoms with E-state index >= 15 is 0 Å². The van der Waals surface area contributed by atoms with Gasteiger partial charge in [-0.05, 0) is 18.2 Å². The van der Waals surface area contributed by atoms with Crippen LogP contribution in [-0.4, -0.2) is 57.3 Å². The molecule has 0 atom stereocenters. The fraction of sp³-hybridized carbons (Fsp3) is 0.417. The number of ether oxygens (including phenoxy) is 2. The molecule has 0 aliphatic carbocycles. The van der Waals surface area contributed by atoms with E-state index in [0.717, 1.165) is 6.07 Å². The van der Waals surface area contributed by atoms with Crippen molar-refractivity contribution >= 4 is 15.8 Å². The van der Waals surface area contributed by atoms with Gasteiger partial charge in [-0.25, -0.2) is 13.2 Å². The van der Waals surface area contributed by atoms with Crippen molar-refractivity contribution in [3.05, 3.63) is 23.8 Å². The molecular weight excluding hydrogens is 288 g/mol. The number of aliphatic hydroxyl groups is 1. The molecule has 1 aromatic carbocycles. The lowest BCUT2D eigenvalue weighted by Crippen LogP contribution is -2.14. The van der Waals surface area contributed by atoms with Crippen molar-refractivity contribution in [2.45, 2.75) is 4.90 Å². The zero-order valence-electron chi connectivity index (χ0n) is 10.9. The van der Waals surface area contributed by atoms with Crippen molar-refractivity contribution in [2.24, 2.45) is 0 Å². The summed E-state index contributed by atoms with van der Waals surface area (Å²) in [7, 11) is -2.34. The number of hydrogen-bond donors (Lipinski definition) is 2. The van der Waals surface area contributed by atoms with E-state index in [1.54, 1.807) is 0 Å². The van der Waals surface area contributed by atoms with Crippen LogP contribution in [0.3, 0.4) is 0 Å². The van der Waals surface area contributed by atoms with Crippen LogP contribution in [0.1, 0.15) is 10.4 Å². The minimum atomic E-state index is -3.65. The van der Waals surface area contributed by atoms with E-state index in [9.17, 15) is 13.2 Å². The van der Waals surface area contributed by atoms with Crippen LogP contribution in [0, 0.1) is 0 Å². The maximum Gasteiger partial charge on any atom is 0.339 e. The lowest BCUT2D eigenvalue weighted by atomic mass is 10.2. The first kappa shape index (κ1) is 16.4. The van der Waals surface area contributed by atoms with Crippen molar-refractivity contribution in [1.29, 1.82) is 0 Å². The third-order valence-electron chi connectivity index (χ3n) is 2.49. The second-order valence-electron chi connectivity index (χ2n) is 3.82. The topological polar surface area (TPSA) is 110 Å². The molecule has 0 saturated heterocycles. The second kappa shape index (κ2) is 7.22. The number of rotatable bonds is 8. The van der Waals surface area contributed by atoms with Crippen LogP contribution in [-0.2, 0) is 14.6 Å². The summed E-state index contributed by atoms with van der Waals surface area (Å²) in [4.78, 5) is 10.9. The number of methoxy groups -OCH3 is 1. The van der Waals surface area contributed by atoms with E-state index in [2.05, 4.69) is 0 Å². The molecule has 0 aromatic heterocycles. The summed E-state index contributed by atoms with van der Waals surface area (Å²) in [5.74, 6) is -1.47. The number of carbonyl (C=O) groups is 1. The second-order valence-corrected chi connectivity index (χ2v) is 5.93. The first-order valence-corrected chi connectivity index (χ1v) is 7.40. The molecule has 112 valence electrons. The maximum atomic E-state index is 12.0. The quantitative estimate of drug-likeness (QED) is 0.659. The molecule has 1 aromatic rings. The summed E-state index contributed by atoms with van der Waals surface area (Å²) >= 11 is 0. The van der Waals surface area contributed by atoms with Crippen LogP contribution in [0.2, 0.25) is 0 Å². The summed E-state index contributed by atoms with van der Waals surface area (Å²) in [6.45, 7) is -0.207. The molecule has 8 heteroatoms. The lowest BCUT2D eigenvalue weighted by molar-refractivity contribution is 0.0693. The number of carboxylic acids is 1. The van der Waals surface area contributed by atoms with Gasteiger partial charge in [-0.15, -0.1) is 0 Å². The van der Waals surface area contributed by atoms with Crippen LogP contribution in [0.5, 0.6) is 5.75 Å². The molecule has 0 unspecified atom stereocenters. The third-order valence-corrected chi connectivity index (χ3v) is 4.17. The molecule has 20 heavy (non-hydrogen) atoms. The zero-order valence-corrected chi connectivity index (χ0v) is 11.7. The van der Waals surface area contributed by atoms with E-state index in [1.165, 1.54) is 19.2 Å². The Kier molecular flexibility index (Phi) is 5.93. The van der Waals surface area contributed by atoms with E-state index < -0.39 is 15.8 Å². The molecule has 0 bridgehead atoms. The standard InChI is InChI=1S/C12H16O7S/c1-18-11-3-2-9(8-10(11)12(14)15)20(16,17)7-6-19-5-4-13/h2-3,8,13H,4-7H2,1H3,(H,14,15). The van der Waals surface area contributed by atoms with Gasteiger partial charge in [0.15, 0.2) is 9.84 Å². The minimum Gasteiger partial charge on any atom is -0.496 e. The predicted octanol–water partition coefficient (Wildman–Crippen LogP) is 0.176. The first-order chi connectivity index (χ1) is 9.42. The van der Waals surface area contributed by atoms with Crippen molar-refractivity contribution in [3.8, 4) is 5.75 Å². The fourth-order valence-electron chi connectivity index (χ4n) is 1.50. The molecule has 0 spiro atoms. The fourth-order valence-corrected chi connectivity index (χ4v) is 2.65. The highest BCUT2D eigenvalue weighted by Crippen LogP contribution is 2.23. The highest BCUT2D eigenvalue weighted by atomic mass is 32.2. The summed E-state index contributed by atoms with van der Waals surface area (Å²) in [5.41, 5.74) is -0.218. The average molecular weight is 304 g/mol. The number of benzene rings is 1. The Balaban J connectivity index is 2.95. The van der Waals surface area contributed by atoms with Crippen LogP contribution in [0.15, 0.2) is 23.1 Å². The van der Waals surface area contributed by atoms with Gasteiger partial charge in [0.1, 0.15) is 11.3 Å². The van der Waals surface area contributed by atoms with Gasteiger partial charge in [0.05, 0.1) is 37.6 Å². The summed E-state index contributed by atoms with van der Waals surface area (Å²) in [6, 6.07) is 3.64. The highest BCUT2D eigenvalue weighted by Gasteiger charge is 2.19. The molecule has 0 aliphatic heterocycles. The Hall–Kier alpha value is -1.64. The van der Waals surface area contributed by atoms with Crippen LogP contribution < -0.4 is 4.74 Å². The summed E-state index contributed by atoms with van der Waals surface area (Å²) < 4.78 is 33.7. The smallest absolute Gasteiger partial charge is 0.339 e. The van der Waals surface area contributed by atoms with Crippen LogP contribution >= 0.6 is 0 Å². The van der Waals surface area contributed by atoms with Crippen molar-refractivity contribution in [2.75, 3.05) is 32.7 Å². The van der Waals surface area contributed by atoms with Gasteiger partial charge in [-0.1, -0.05) is 0 Å². The van der Waals surface area contributed by atoms with Gasteiger partial charge in [-0.3, -0.25) is 0 Å². The number of hydrogen-bond acceptors (Lipinski definition) is 6. The van der Waals surface area contributed by atoms with Gasteiger partial charge in [0.2, 0.25) is 0 Å². The van der Waals surface area contributed by atoms with Crippen molar-refractivity contribution < 1.29 is 32.9 Å². The Morgan fingerprint density at radius 2 is 2.00 bits per heavy atom. The number of carboxylic acid groups (broad SMARTS) is 1. The molecule has 1 rings (SSSR count). The molecule has 2 N–H and O–H groups in total. The third kappa shape index (κ3) is 4.19. The number of aromatic carboxylic acids is 1. The SMILES string of the molecule is COc1ccc(S(=O)(=O)CCOCCO)cc1C(=O)O. The normalized spacial score (nSPS) is 11.3. The number of aliphatic hydroxyl groups excluding tert-OH is 1. The minimum absolute atomic E-state index is 0.0541. The van der Waals surface area contributed by atoms with E-state index in [1.807, 2.05) is 0 Å². The zero-order chi connectivity index (χ0) is 15.2. The monoisotopic (exact) mass is 304 g/mol. The molecule has 7 nitrogen and oxygen atoms in total. The highest BCUT2D eigenvalue weighted by molar-refractivity contribution is 7.91. The van der Waals surface area contributed by atoms with Crippen LogP contribution in [0.25, 0.3) is 0 Å². The Morgan fingerprint density at radius 3 is 2.55 bits per heavy atom. The van der Waals surface area contributed by atoms with E-state index in [0.29, 0.717) is 0 Å². The van der Waals surface area contributed by atoms with Gasteiger partial charge in [0, 0.05) is 0 Å². The molecule has 0 saturated carbocycles. The molecule has 0 heterocycles. The van der Waals surface area contributed by atoms with Gasteiger partial charge in [0.25, 0.3) is 0 Å². The number of sulfone groups is 1. The Labute approximate surface area is 116 Å². The Morgan fingerprint density at radius 1 is 1.30 bits per heavy atom. The average Bonchev–Trinajstić information content (AvgIpc) is 2.42. The molecule has 0 radical (unpaired) electrons. The van der Waals surface area contributed by atoms with E-state index in [4.69, 9.17) is 19.7 Å². The van der Waals surface area contributed by atoms with Crippen molar-refractivity contribution in [3.63, 3.8) is 0 Å². The summed E-state index contributed by atoms with van der Waals surface area (Å²) in [5, 5.41) is 17.5. The van der Waals surface area contributed by atoms with Gasteiger partial charge in [-0.2, -0.15) is 0 Å². The van der Waals surface area contributed by atoms with Gasteiger partial charge < -0.3 is 19.7 Å². The van der Waals surface area contributed by atoms with Crippen LogP contribution in [0.4, 0.5) is 0 Å². The largest absolute Gasteiger partial charge is 0.496 e. The first-order valence-electron chi connectivity index (χ1n) is 5.75. The Bertz CT molecular complexity index is 565. The molecular formula is C12H16O7S. The van der Waals surface area contributed by atoms with Gasteiger partial charge >= 0.3 is 5.97 Å². The lowest BCUT2D eigenvalue weighted by Gasteiger charge is -2.09.